The molecule has 2 rings (SSSR count). The molecule has 0 fully saturated rings. The van der Waals surface area contributed by atoms with Crippen LogP contribution in [0.3, 0.4) is 0 Å². The Morgan fingerprint density at radius 3 is 2.81 bits per heavy atom. The van der Waals surface area contributed by atoms with Crippen LogP contribution in [0.25, 0.3) is 0 Å². The van der Waals surface area contributed by atoms with Crippen LogP contribution in [0, 0.1) is 5.92 Å². The van der Waals surface area contributed by atoms with Gasteiger partial charge < -0.3 is 0 Å². The van der Waals surface area contributed by atoms with E-state index in [4.69, 9.17) is 0 Å². The van der Waals surface area contributed by atoms with Gasteiger partial charge in [0.1, 0.15) is 0 Å². The predicted molar refractivity (Wildman–Crippen MR) is 71.2 cm³/mol. The fourth-order valence-electron chi connectivity index (χ4n) is 2.46. The first-order chi connectivity index (χ1) is 7.92. The number of allylic oxidation sites excluding steroid dienone is 10. The lowest BCUT2D eigenvalue weighted by Crippen LogP contribution is -2.06. The van der Waals surface area contributed by atoms with Crippen LogP contribution in [-0.2, 0) is 0 Å². The molecule has 0 spiro atoms. The van der Waals surface area contributed by atoms with Gasteiger partial charge in [-0.3, -0.25) is 0 Å². The number of hydrogen-bond acceptors (Lipinski definition) is 0. The summed E-state index contributed by atoms with van der Waals surface area (Å²) in [5.74, 6) is 0.615. The Bertz CT molecular complexity index is 375. The molecule has 0 nitrogen and oxygen atoms in total. The molecule has 2 aliphatic rings. The molecule has 0 aromatic carbocycles. The lowest BCUT2D eigenvalue weighted by molar-refractivity contribution is 0.676. The zero-order chi connectivity index (χ0) is 11.2. The minimum atomic E-state index is 0.615. The third kappa shape index (κ3) is 2.63. The van der Waals surface area contributed by atoms with Crippen LogP contribution in [-0.4, -0.2) is 0 Å². The van der Waals surface area contributed by atoms with Crippen LogP contribution in [0.2, 0.25) is 0 Å². The van der Waals surface area contributed by atoms with Gasteiger partial charge in [-0.2, -0.15) is 0 Å². The number of hydrogen-bond donors (Lipinski definition) is 0. The summed E-state index contributed by atoms with van der Waals surface area (Å²) in [6, 6.07) is 0. The second-order valence-electron chi connectivity index (χ2n) is 4.40. The van der Waals surface area contributed by atoms with Gasteiger partial charge in [0.15, 0.2) is 0 Å². The molecule has 0 amide bonds. The molecule has 2 aliphatic carbocycles. The quantitative estimate of drug-likeness (QED) is 0.634. The van der Waals surface area contributed by atoms with Crippen molar-refractivity contribution in [3.63, 3.8) is 0 Å². The van der Waals surface area contributed by atoms with E-state index >= 15 is 0 Å². The molecule has 0 radical (unpaired) electrons. The third-order valence-corrected chi connectivity index (χ3v) is 3.30. The summed E-state index contributed by atoms with van der Waals surface area (Å²) in [6.45, 7) is 2.28. The molecule has 0 bridgehead atoms. The van der Waals surface area contributed by atoms with Crippen molar-refractivity contribution >= 4 is 0 Å². The van der Waals surface area contributed by atoms with E-state index in [2.05, 4.69) is 55.5 Å². The van der Waals surface area contributed by atoms with E-state index in [-0.39, 0.29) is 0 Å². The largest absolute Gasteiger partial charge is 0.0839 e. The fraction of sp³-hybridized carbons (Fsp3) is 0.375. The van der Waals surface area contributed by atoms with E-state index in [0.717, 1.165) is 6.42 Å². The summed E-state index contributed by atoms with van der Waals surface area (Å²) >= 11 is 0. The molecule has 0 heterocycles. The van der Waals surface area contributed by atoms with E-state index in [1.807, 2.05) is 0 Å². The normalized spacial score (nSPS) is 21.3. The molecule has 0 aromatic rings. The van der Waals surface area contributed by atoms with E-state index < -0.39 is 0 Å². The van der Waals surface area contributed by atoms with E-state index in [1.54, 1.807) is 5.57 Å². The maximum Gasteiger partial charge on any atom is 0.00485 e. The van der Waals surface area contributed by atoms with Gasteiger partial charge in [-0.05, 0) is 31.3 Å². The van der Waals surface area contributed by atoms with Crippen molar-refractivity contribution in [2.24, 2.45) is 5.92 Å². The van der Waals surface area contributed by atoms with Gasteiger partial charge in [-0.1, -0.05) is 61.1 Å². The van der Waals surface area contributed by atoms with Gasteiger partial charge in [0, 0.05) is 5.92 Å². The van der Waals surface area contributed by atoms with E-state index in [1.165, 1.54) is 24.8 Å². The van der Waals surface area contributed by atoms with Crippen molar-refractivity contribution in [1.29, 1.82) is 0 Å². The molecular formula is C16H20. The SMILES string of the molecule is CCC(C1=CCCC=C1)C1=CC=CC=CC1. The molecule has 84 valence electrons. The van der Waals surface area contributed by atoms with Crippen molar-refractivity contribution in [3.8, 4) is 0 Å². The van der Waals surface area contributed by atoms with Gasteiger partial charge in [0.2, 0.25) is 0 Å². The summed E-state index contributed by atoms with van der Waals surface area (Å²) in [6.07, 6.45) is 22.7. The fourth-order valence-corrected chi connectivity index (χ4v) is 2.46. The molecule has 0 N–H and O–H groups in total. The summed E-state index contributed by atoms with van der Waals surface area (Å²) in [7, 11) is 0. The molecule has 0 aliphatic heterocycles. The zero-order valence-electron chi connectivity index (χ0n) is 10.0. The van der Waals surface area contributed by atoms with Crippen molar-refractivity contribution in [2.75, 3.05) is 0 Å². The molecule has 0 aromatic heterocycles. The summed E-state index contributed by atoms with van der Waals surface area (Å²) < 4.78 is 0. The van der Waals surface area contributed by atoms with Crippen LogP contribution in [0.15, 0.2) is 59.8 Å². The smallest absolute Gasteiger partial charge is 0.00485 e. The Morgan fingerprint density at radius 1 is 1.12 bits per heavy atom. The maximum absolute atomic E-state index is 2.41. The molecule has 0 saturated heterocycles. The Hall–Kier alpha value is -1.30. The standard InChI is InChI=1S/C16H20/c1-2-16(15-12-8-5-9-13-15)14-10-6-3-4-7-11-14/h3-4,6-8,10,12-13,16H,2,5,9,11H2,1H3. The highest BCUT2D eigenvalue weighted by Gasteiger charge is 2.15. The predicted octanol–water partition coefficient (Wildman–Crippen LogP) is 4.73. The van der Waals surface area contributed by atoms with Gasteiger partial charge in [0.05, 0.1) is 0 Å². The van der Waals surface area contributed by atoms with Gasteiger partial charge in [-0.15, -0.1) is 0 Å². The topological polar surface area (TPSA) is 0 Å². The Labute approximate surface area is 98.8 Å². The Morgan fingerprint density at radius 2 is 2.06 bits per heavy atom. The summed E-state index contributed by atoms with van der Waals surface area (Å²) in [5.41, 5.74) is 3.06. The summed E-state index contributed by atoms with van der Waals surface area (Å²) in [5, 5.41) is 0. The second kappa shape index (κ2) is 5.69. The second-order valence-corrected chi connectivity index (χ2v) is 4.40. The number of rotatable bonds is 3. The lowest BCUT2D eigenvalue weighted by Gasteiger charge is -2.21. The van der Waals surface area contributed by atoms with Gasteiger partial charge >= 0.3 is 0 Å². The first-order valence-electron chi connectivity index (χ1n) is 6.30. The minimum absolute atomic E-state index is 0.615. The highest BCUT2D eigenvalue weighted by Crippen LogP contribution is 2.30. The highest BCUT2D eigenvalue weighted by molar-refractivity contribution is 5.35. The van der Waals surface area contributed by atoms with Crippen LogP contribution in [0.4, 0.5) is 0 Å². The van der Waals surface area contributed by atoms with Crippen molar-refractivity contribution in [1.82, 2.24) is 0 Å². The van der Waals surface area contributed by atoms with Crippen LogP contribution < -0.4 is 0 Å². The van der Waals surface area contributed by atoms with Crippen molar-refractivity contribution < 1.29 is 0 Å². The average Bonchev–Trinajstić information content (AvgIpc) is 2.61. The Balaban J connectivity index is 2.18. The molecular weight excluding hydrogens is 192 g/mol. The van der Waals surface area contributed by atoms with E-state index in [9.17, 15) is 0 Å². The average molecular weight is 212 g/mol. The van der Waals surface area contributed by atoms with Crippen molar-refractivity contribution in [2.45, 2.75) is 32.6 Å². The Kier molecular flexibility index (Phi) is 3.98. The zero-order valence-corrected chi connectivity index (χ0v) is 10.0. The molecule has 1 unspecified atom stereocenters. The molecule has 1 atom stereocenters. The highest BCUT2D eigenvalue weighted by atomic mass is 14.2. The molecule has 16 heavy (non-hydrogen) atoms. The van der Waals surface area contributed by atoms with E-state index in [0.29, 0.717) is 5.92 Å². The van der Waals surface area contributed by atoms with Crippen LogP contribution >= 0.6 is 0 Å². The van der Waals surface area contributed by atoms with Crippen LogP contribution in [0.5, 0.6) is 0 Å². The minimum Gasteiger partial charge on any atom is -0.0839 e. The maximum atomic E-state index is 2.41. The van der Waals surface area contributed by atoms with Gasteiger partial charge in [0.25, 0.3) is 0 Å². The van der Waals surface area contributed by atoms with Crippen molar-refractivity contribution in [3.05, 3.63) is 59.8 Å². The first-order valence-corrected chi connectivity index (χ1v) is 6.30. The van der Waals surface area contributed by atoms with Crippen LogP contribution in [0.1, 0.15) is 32.6 Å². The lowest BCUT2D eigenvalue weighted by atomic mass is 9.84. The molecule has 0 heteroatoms. The third-order valence-electron chi connectivity index (χ3n) is 3.30. The first kappa shape index (κ1) is 11.2. The summed E-state index contributed by atoms with van der Waals surface area (Å²) in [4.78, 5) is 0. The monoisotopic (exact) mass is 212 g/mol. The van der Waals surface area contributed by atoms with Gasteiger partial charge in [-0.25, -0.2) is 0 Å². The molecule has 0 saturated carbocycles.